The quantitative estimate of drug-likeness (QED) is 0.775. The van der Waals surface area contributed by atoms with Gasteiger partial charge in [-0.2, -0.15) is 0 Å². The lowest BCUT2D eigenvalue weighted by Gasteiger charge is -2.09. The molecule has 1 aromatic heterocycles. The number of amides is 1. The fourth-order valence-electron chi connectivity index (χ4n) is 2.39. The molecule has 0 atom stereocenters. The number of anilines is 1. The summed E-state index contributed by atoms with van der Waals surface area (Å²) in [6.45, 7) is 0.158. The van der Waals surface area contributed by atoms with Crippen LogP contribution in [0.15, 0.2) is 65.6 Å². The summed E-state index contributed by atoms with van der Waals surface area (Å²) in [5.74, 6) is -3.27. The van der Waals surface area contributed by atoms with Crippen LogP contribution in [0.1, 0.15) is 15.9 Å². The molecule has 0 aliphatic rings. The smallest absolute Gasteiger partial charge is 0.263 e. The van der Waals surface area contributed by atoms with E-state index in [1.54, 1.807) is 0 Å². The second-order valence-corrected chi connectivity index (χ2v) is 5.56. The lowest BCUT2D eigenvalue weighted by Crippen LogP contribution is -2.29. The summed E-state index contributed by atoms with van der Waals surface area (Å²) in [4.78, 5) is 24.8. The van der Waals surface area contributed by atoms with Crippen molar-refractivity contribution in [1.82, 2.24) is 4.57 Å². The van der Waals surface area contributed by atoms with Gasteiger partial charge in [0.05, 0.1) is 6.54 Å². The molecule has 132 valence electrons. The molecule has 7 heteroatoms. The summed E-state index contributed by atoms with van der Waals surface area (Å²) in [5, 5.41) is 2.36. The minimum atomic E-state index is -1.11. The number of nitrogens with zero attached hydrogens (tertiary/aromatic N) is 1. The van der Waals surface area contributed by atoms with Gasteiger partial charge in [0, 0.05) is 18.0 Å². The van der Waals surface area contributed by atoms with Crippen molar-refractivity contribution in [2.45, 2.75) is 6.54 Å². The average Bonchev–Trinajstić information content (AvgIpc) is 2.62. The van der Waals surface area contributed by atoms with E-state index in [1.165, 1.54) is 53.2 Å². The van der Waals surface area contributed by atoms with Crippen molar-refractivity contribution in [3.63, 3.8) is 0 Å². The Balaban J connectivity index is 1.83. The third-order valence-electron chi connectivity index (χ3n) is 3.71. The number of carbonyl (C=O) groups is 1. The van der Waals surface area contributed by atoms with Crippen molar-refractivity contribution in [3.8, 4) is 0 Å². The zero-order valence-electron chi connectivity index (χ0n) is 13.4. The largest absolute Gasteiger partial charge is 0.322 e. The van der Waals surface area contributed by atoms with Crippen LogP contribution in [0, 0.1) is 17.5 Å². The zero-order valence-corrected chi connectivity index (χ0v) is 13.4. The molecule has 3 aromatic rings. The first kappa shape index (κ1) is 17.5. The van der Waals surface area contributed by atoms with Gasteiger partial charge in [-0.25, -0.2) is 13.2 Å². The van der Waals surface area contributed by atoms with Crippen molar-refractivity contribution < 1.29 is 18.0 Å². The number of pyridine rings is 1. The third kappa shape index (κ3) is 3.83. The van der Waals surface area contributed by atoms with Gasteiger partial charge in [0.25, 0.3) is 11.5 Å². The van der Waals surface area contributed by atoms with Crippen LogP contribution < -0.4 is 10.9 Å². The Morgan fingerprint density at radius 2 is 1.69 bits per heavy atom. The monoisotopic (exact) mass is 358 g/mol. The van der Waals surface area contributed by atoms with E-state index in [0.29, 0.717) is 5.56 Å². The van der Waals surface area contributed by atoms with Crippen molar-refractivity contribution in [3.05, 3.63) is 99.7 Å². The van der Waals surface area contributed by atoms with Crippen LogP contribution in [0.4, 0.5) is 18.9 Å². The molecular weight excluding hydrogens is 345 g/mol. The summed E-state index contributed by atoms with van der Waals surface area (Å²) >= 11 is 0. The van der Waals surface area contributed by atoms with Crippen molar-refractivity contribution in [1.29, 1.82) is 0 Å². The van der Waals surface area contributed by atoms with Gasteiger partial charge in [-0.05, 0) is 42.0 Å². The first-order valence-corrected chi connectivity index (χ1v) is 7.64. The standard InChI is InChI=1S/C19H13F3N2O2/c20-13-5-3-12(4-6-13)11-24-9-1-2-15(19(24)26)18(25)23-14-7-8-16(21)17(22)10-14/h1-10H,11H2,(H,23,25). The molecule has 0 aliphatic heterocycles. The first-order chi connectivity index (χ1) is 12.4. The van der Waals surface area contributed by atoms with E-state index >= 15 is 0 Å². The van der Waals surface area contributed by atoms with Crippen LogP contribution in [-0.2, 0) is 6.54 Å². The molecule has 26 heavy (non-hydrogen) atoms. The van der Waals surface area contributed by atoms with E-state index in [0.717, 1.165) is 12.1 Å². The second kappa shape index (κ2) is 7.26. The Hall–Kier alpha value is -3.35. The van der Waals surface area contributed by atoms with Crippen LogP contribution in [-0.4, -0.2) is 10.5 Å². The predicted octanol–water partition coefficient (Wildman–Crippen LogP) is 3.57. The zero-order chi connectivity index (χ0) is 18.7. The highest BCUT2D eigenvalue weighted by atomic mass is 19.2. The number of benzene rings is 2. The summed E-state index contributed by atoms with van der Waals surface area (Å²) in [6, 6.07) is 11.4. The van der Waals surface area contributed by atoms with Crippen LogP contribution >= 0.6 is 0 Å². The maximum absolute atomic E-state index is 13.2. The maximum atomic E-state index is 13.2. The Labute approximate surface area is 146 Å². The number of rotatable bonds is 4. The number of carbonyl (C=O) groups excluding carboxylic acids is 1. The summed E-state index contributed by atoms with van der Waals surface area (Å²) in [7, 11) is 0. The lowest BCUT2D eigenvalue weighted by atomic mass is 10.2. The molecule has 4 nitrogen and oxygen atoms in total. The topological polar surface area (TPSA) is 51.1 Å². The fraction of sp³-hybridized carbons (Fsp3) is 0.0526. The van der Waals surface area contributed by atoms with Crippen LogP contribution in [0.5, 0.6) is 0 Å². The molecule has 0 unspecified atom stereocenters. The van der Waals surface area contributed by atoms with Crippen LogP contribution in [0.2, 0.25) is 0 Å². The van der Waals surface area contributed by atoms with Gasteiger partial charge in [0.1, 0.15) is 11.4 Å². The van der Waals surface area contributed by atoms with Gasteiger partial charge in [-0.1, -0.05) is 12.1 Å². The molecule has 0 bridgehead atoms. The lowest BCUT2D eigenvalue weighted by molar-refractivity contribution is 0.102. The van der Waals surface area contributed by atoms with E-state index in [-0.39, 0.29) is 23.6 Å². The van der Waals surface area contributed by atoms with Gasteiger partial charge >= 0.3 is 0 Å². The van der Waals surface area contributed by atoms with Crippen molar-refractivity contribution in [2.24, 2.45) is 0 Å². The molecule has 1 amide bonds. The summed E-state index contributed by atoms with van der Waals surface area (Å²) in [6.07, 6.45) is 1.50. The number of nitrogens with one attached hydrogen (secondary N) is 1. The van der Waals surface area contributed by atoms with Gasteiger partial charge < -0.3 is 9.88 Å². The molecular formula is C19H13F3N2O2. The van der Waals surface area contributed by atoms with E-state index in [4.69, 9.17) is 0 Å². The molecule has 2 aromatic carbocycles. The van der Waals surface area contributed by atoms with Crippen LogP contribution in [0.25, 0.3) is 0 Å². The molecule has 0 radical (unpaired) electrons. The minimum Gasteiger partial charge on any atom is -0.322 e. The van der Waals surface area contributed by atoms with Crippen molar-refractivity contribution >= 4 is 11.6 Å². The normalized spacial score (nSPS) is 10.6. The van der Waals surface area contributed by atoms with Crippen molar-refractivity contribution in [2.75, 3.05) is 5.32 Å². The molecule has 3 rings (SSSR count). The molecule has 0 fully saturated rings. The van der Waals surface area contributed by atoms with E-state index in [2.05, 4.69) is 5.32 Å². The third-order valence-corrected chi connectivity index (χ3v) is 3.71. The SMILES string of the molecule is O=C(Nc1ccc(F)c(F)c1)c1cccn(Cc2ccc(F)cc2)c1=O. The Bertz CT molecular complexity index is 1010. The number of hydrogen-bond donors (Lipinski definition) is 1. The maximum Gasteiger partial charge on any atom is 0.263 e. The van der Waals surface area contributed by atoms with E-state index < -0.39 is 23.1 Å². The molecule has 1 N–H and O–H groups in total. The Morgan fingerprint density at radius 3 is 2.38 bits per heavy atom. The van der Waals surface area contributed by atoms with E-state index in [1.807, 2.05) is 0 Å². The van der Waals surface area contributed by atoms with Gasteiger partial charge in [-0.3, -0.25) is 9.59 Å². The highest BCUT2D eigenvalue weighted by molar-refractivity contribution is 6.03. The predicted molar refractivity (Wildman–Crippen MR) is 90.5 cm³/mol. The molecule has 0 spiro atoms. The molecule has 1 heterocycles. The molecule has 0 saturated carbocycles. The summed E-state index contributed by atoms with van der Waals surface area (Å²) in [5.41, 5.74) is 0.00477. The highest BCUT2D eigenvalue weighted by Gasteiger charge is 2.13. The summed E-state index contributed by atoms with van der Waals surface area (Å²) < 4.78 is 40.4. The molecule has 0 aliphatic carbocycles. The number of hydrogen-bond acceptors (Lipinski definition) is 2. The van der Waals surface area contributed by atoms with Gasteiger partial charge in [0.2, 0.25) is 0 Å². The minimum absolute atomic E-state index is 0.0298. The van der Waals surface area contributed by atoms with Gasteiger partial charge in [0.15, 0.2) is 11.6 Å². The average molecular weight is 358 g/mol. The highest BCUT2D eigenvalue weighted by Crippen LogP contribution is 2.14. The Morgan fingerprint density at radius 1 is 0.962 bits per heavy atom. The number of halogens is 3. The second-order valence-electron chi connectivity index (χ2n) is 5.56. The Kier molecular flexibility index (Phi) is 4.88. The van der Waals surface area contributed by atoms with E-state index in [9.17, 15) is 22.8 Å². The van der Waals surface area contributed by atoms with Crippen LogP contribution in [0.3, 0.4) is 0 Å². The molecule has 0 saturated heterocycles. The number of aromatic nitrogens is 1. The van der Waals surface area contributed by atoms with Gasteiger partial charge in [-0.15, -0.1) is 0 Å². The fourth-order valence-corrected chi connectivity index (χ4v) is 2.39. The first-order valence-electron chi connectivity index (χ1n) is 7.64.